The average Bonchev–Trinajstić information content (AvgIpc) is 2.34. The Balaban J connectivity index is 2.45. The van der Waals surface area contributed by atoms with Crippen LogP contribution in [0.15, 0.2) is 24.3 Å². The van der Waals surface area contributed by atoms with Crippen molar-refractivity contribution in [1.29, 1.82) is 0 Å². The topological polar surface area (TPSA) is 55.0 Å². The Morgan fingerprint density at radius 2 is 1.83 bits per heavy atom. The Labute approximate surface area is 109 Å². The van der Waals surface area contributed by atoms with E-state index in [1.54, 1.807) is 31.0 Å². The molecule has 2 N–H and O–H groups in total. The first-order valence-electron chi connectivity index (χ1n) is 5.28. The zero-order chi connectivity index (χ0) is 13.3. The van der Waals surface area contributed by atoms with E-state index < -0.39 is 0 Å². The molecule has 0 saturated heterocycles. The van der Waals surface area contributed by atoms with Gasteiger partial charge in [0.25, 0.3) is 0 Å². The molecule has 4 nitrogen and oxygen atoms in total. The van der Waals surface area contributed by atoms with Crippen molar-refractivity contribution in [2.75, 3.05) is 17.7 Å². The van der Waals surface area contributed by atoms with Crippen LogP contribution in [-0.4, -0.2) is 17.0 Å². The molecular weight excluding hydrogens is 255 g/mol. The van der Waals surface area contributed by atoms with Gasteiger partial charge in [-0.25, -0.2) is 9.37 Å². The van der Waals surface area contributed by atoms with E-state index in [9.17, 15) is 4.39 Å². The predicted octanol–water partition coefficient (Wildman–Crippen LogP) is 2.93. The second kappa shape index (κ2) is 4.78. The van der Waals surface area contributed by atoms with Gasteiger partial charge >= 0.3 is 0 Å². The summed E-state index contributed by atoms with van der Waals surface area (Å²) in [4.78, 5) is 9.79. The summed E-state index contributed by atoms with van der Waals surface area (Å²) in [5.41, 5.74) is 7.74. The quantitative estimate of drug-likeness (QED) is 0.849. The van der Waals surface area contributed by atoms with Crippen molar-refractivity contribution in [3.05, 3.63) is 41.1 Å². The van der Waals surface area contributed by atoms with Crippen LogP contribution in [0, 0.1) is 12.7 Å². The number of benzene rings is 1. The van der Waals surface area contributed by atoms with E-state index in [-0.39, 0.29) is 11.1 Å². The van der Waals surface area contributed by atoms with Crippen molar-refractivity contribution in [3.8, 4) is 0 Å². The van der Waals surface area contributed by atoms with Gasteiger partial charge in [0, 0.05) is 12.7 Å². The molecule has 0 bridgehead atoms. The molecule has 1 heterocycles. The van der Waals surface area contributed by atoms with Gasteiger partial charge in [-0.15, -0.1) is 0 Å². The highest BCUT2D eigenvalue weighted by atomic mass is 35.5. The van der Waals surface area contributed by atoms with Crippen LogP contribution in [0.5, 0.6) is 0 Å². The Morgan fingerprint density at radius 3 is 2.44 bits per heavy atom. The van der Waals surface area contributed by atoms with Gasteiger partial charge < -0.3 is 10.6 Å². The summed E-state index contributed by atoms with van der Waals surface area (Å²) in [5, 5.41) is 0.130. The van der Waals surface area contributed by atoms with Crippen molar-refractivity contribution in [1.82, 2.24) is 9.97 Å². The number of halogens is 2. The molecule has 0 aliphatic rings. The summed E-state index contributed by atoms with van der Waals surface area (Å²) in [6.07, 6.45) is 0. The molecule has 6 heteroatoms. The van der Waals surface area contributed by atoms with Gasteiger partial charge in [-0.3, -0.25) is 0 Å². The fraction of sp³-hybridized carbons (Fsp3) is 0.167. The molecule has 0 fully saturated rings. The maximum atomic E-state index is 12.9. The highest BCUT2D eigenvalue weighted by Gasteiger charge is 2.13. The van der Waals surface area contributed by atoms with Gasteiger partial charge in [0.2, 0.25) is 5.28 Å². The molecule has 1 aromatic heterocycles. The van der Waals surface area contributed by atoms with Crippen LogP contribution in [0.1, 0.15) is 5.69 Å². The van der Waals surface area contributed by atoms with Crippen LogP contribution in [-0.2, 0) is 0 Å². The Morgan fingerprint density at radius 1 is 1.22 bits per heavy atom. The molecule has 0 unspecified atom stereocenters. The zero-order valence-electron chi connectivity index (χ0n) is 9.98. The van der Waals surface area contributed by atoms with Crippen molar-refractivity contribution in [3.63, 3.8) is 0 Å². The van der Waals surface area contributed by atoms with Gasteiger partial charge in [-0.1, -0.05) is 0 Å². The molecule has 94 valence electrons. The lowest BCUT2D eigenvalue weighted by Gasteiger charge is -2.20. The number of aryl methyl sites for hydroxylation is 1. The molecule has 0 aliphatic heterocycles. The van der Waals surface area contributed by atoms with Crippen molar-refractivity contribution in [2.24, 2.45) is 0 Å². The number of hydrogen-bond donors (Lipinski definition) is 1. The predicted molar refractivity (Wildman–Crippen MR) is 70.7 cm³/mol. The number of rotatable bonds is 2. The molecule has 18 heavy (non-hydrogen) atoms. The highest BCUT2D eigenvalue weighted by Crippen LogP contribution is 2.29. The number of anilines is 3. The maximum Gasteiger partial charge on any atom is 0.224 e. The third-order valence-electron chi connectivity index (χ3n) is 2.62. The second-order valence-corrected chi connectivity index (χ2v) is 4.19. The number of nitrogens with two attached hydrogens (primary N) is 1. The van der Waals surface area contributed by atoms with Gasteiger partial charge in [-0.2, -0.15) is 4.98 Å². The summed E-state index contributed by atoms with van der Waals surface area (Å²) in [5.74, 6) is 0.205. The summed E-state index contributed by atoms with van der Waals surface area (Å²) >= 11 is 5.81. The minimum atomic E-state index is -0.294. The standard InChI is InChI=1S/C12H12ClFN4/c1-7-10(15)11(17-12(13)16-7)18(2)9-5-3-8(14)4-6-9/h3-6H,15H2,1-2H3. The van der Waals surface area contributed by atoms with Gasteiger partial charge in [-0.05, 0) is 42.8 Å². The van der Waals surface area contributed by atoms with Crippen LogP contribution >= 0.6 is 11.6 Å². The third kappa shape index (κ3) is 2.36. The van der Waals surface area contributed by atoms with Crippen LogP contribution in [0.4, 0.5) is 21.6 Å². The molecular formula is C12H12ClFN4. The SMILES string of the molecule is Cc1nc(Cl)nc(N(C)c2ccc(F)cc2)c1N. The first-order chi connectivity index (χ1) is 8.49. The fourth-order valence-corrected chi connectivity index (χ4v) is 1.78. The molecule has 0 amide bonds. The summed E-state index contributed by atoms with van der Waals surface area (Å²) in [6.45, 7) is 1.75. The number of nitrogen functional groups attached to an aromatic ring is 1. The Bertz CT molecular complexity index is 571. The van der Waals surface area contributed by atoms with Crippen molar-refractivity contribution < 1.29 is 4.39 Å². The van der Waals surface area contributed by atoms with Crippen LogP contribution in [0.2, 0.25) is 5.28 Å². The van der Waals surface area contributed by atoms with Crippen LogP contribution in [0.3, 0.4) is 0 Å². The first kappa shape index (κ1) is 12.6. The van der Waals surface area contributed by atoms with Crippen molar-refractivity contribution in [2.45, 2.75) is 6.92 Å². The lowest BCUT2D eigenvalue weighted by molar-refractivity contribution is 0.628. The first-order valence-corrected chi connectivity index (χ1v) is 5.65. The molecule has 0 aliphatic carbocycles. The smallest absolute Gasteiger partial charge is 0.224 e. The number of nitrogens with zero attached hydrogens (tertiary/aromatic N) is 3. The lowest BCUT2D eigenvalue weighted by Crippen LogP contribution is -2.15. The zero-order valence-corrected chi connectivity index (χ0v) is 10.7. The van der Waals surface area contributed by atoms with Crippen LogP contribution in [0.25, 0.3) is 0 Å². The van der Waals surface area contributed by atoms with E-state index >= 15 is 0 Å². The molecule has 0 radical (unpaired) electrons. The van der Waals surface area contributed by atoms with E-state index in [0.29, 0.717) is 17.2 Å². The molecule has 2 aromatic rings. The molecule has 0 atom stereocenters. The summed E-state index contributed by atoms with van der Waals surface area (Å²) in [7, 11) is 1.78. The van der Waals surface area contributed by atoms with Gasteiger partial charge in [0.15, 0.2) is 5.82 Å². The molecule has 1 aromatic carbocycles. The molecule has 0 spiro atoms. The number of hydrogen-bond acceptors (Lipinski definition) is 4. The van der Waals surface area contributed by atoms with E-state index in [2.05, 4.69) is 9.97 Å². The van der Waals surface area contributed by atoms with Gasteiger partial charge in [0.1, 0.15) is 5.82 Å². The summed E-state index contributed by atoms with van der Waals surface area (Å²) in [6, 6.07) is 6.02. The summed E-state index contributed by atoms with van der Waals surface area (Å²) < 4.78 is 12.9. The second-order valence-electron chi connectivity index (χ2n) is 3.85. The van der Waals surface area contributed by atoms with Gasteiger partial charge in [0.05, 0.1) is 11.4 Å². The highest BCUT2D eigenvalue weighted by molar-refractivity contribution is 6.28. The number of aromatic nitrogens is 2. The molecule has 2 rings (SSSR count). The van der Waals surface area contributed by atoms with E-state index in [1.165, 1.54) is 12.1 Å². The van der Waals surface area contributed by atoms with E-state index in [0.717, 1.165) is 5.69 Å². The monoisotopic (exact) mass is 266 g/mol. The van der Waals surface area contributed by atoms with Crippen molar-refractivity contribution >= 4 is 28.8 Å². The average molecular weight is 267 g/mol. The normalized spacial score (nSPS) is 10.4. The minimum absolute atomic E-state index is 0.130. The lowest BCUT2D eigenvalue weighted by atomic mass is 10.2. The molecule has 0 saturated carbocycles. The largest absolute Gasteiger partial charge is 0.394 e. The minimum Gasteiger partial charge on any atom is -0.394 e. The Kier molecular flexibility index (Phi) is 3.34. The third-order valence-corrected chi connectivity index (χ3v) is 2.79. The van der Waals surface area contributed by atoms with E-state index in [4.69, 9.17) is 17.3 Å². The van der Waals surface area contributed by atoms with Crippen LogP contribution < -0.4 is 10.6 Å². The fourth-order valence-electron chi connectivity index (χ4n) is 1.58. The van der Waals surface area contributed by atoms with E-state index in [1.807, 2.05) is 0 Å². The maximum absolute atomic E-state index is 12.9. The Hall–Kier alpha value is -1.88.